The van der Waals surface area contributed by atoms with Gasteiger partial charge in [-0.1, -0.05) is 0 Å². The Morgan fingerprint density at radius 3 is 2.85 bits per heavy atom. The molecule has 0 saturated carbocycles. The Kier molecular flexibility index (Phi) is 5.85. The van der Waals surface area contributed by atoms with Gasteiger partial charge in [-0.25, -0.2) is 15.0 Å². The van der Waals surface area contributed by atoms with Gasteiger partial charge in [0.2, 0.25) is 11.7 Å². The molecule has 0 bridgehead atoms. The van der Waals surface area contributed by atoms with Crippen molar-refractivity contribution in [1.29, 1.82) is 5.26 Å². The van der Waals surface area contributed by atoms with E-state index in [0.717, 1.165) is 32.0 Å². The number of nitrogens with zero attached hydrogens (tertiary/aromatic N) is 7. The number of imidazole rings is 1. The minimum Gasteiger partial charge on any atom is -0.477 e. The monoisotopic (exact) mass is 471 g/mol. The van der Waals surface area contributed by atoms with Crippen LogP contribution in [-0.4, -0.2) is 55.1 Å². The zero-order valence-corrected chi connectivity index (χ0v) is 18.7. The Hall–Kier alpha value is -3.26. The van der Waals surface area contributed by atoms with Crippen molar-refractivity contribution in [3.8, 4) is 23.2 Å². The number of pyridine rings is 1. The minimum atomic E-state index is -4.66. The van der Waals surface area contributed by atoms with E-state index >= 15 is 0 Å². The van der Waals surface area contributed by atoms with E-state index in [9.17, 15) is 18.4 Å². The van der Waals surface area contributed by atoms with Gasteiger partial charge in [-0.2, -0.15) is 23.4 Å². The van der Waals surface area contributed by atoms with Crippen LogP contribution in [0.4, 0.5) is 13.2 Å². The van der Waals surface area contributed by atoms with Crippen LogP contribution in [0.2, 0.25) is 0 Å². The van der Waals surface area contributed by atoms with E-state index in [0.29, 0.717) is 29.5 Å². The van der Waals surface area contributed by atoms with Crippen LogP contribution in [0.5, 0.6) is 5.88 Å². The number of alkyl halides is 3. The summed E-state index contributed by atoms with van der Waals surface area (Å²) in [5, 5.41) is 9.26. The Bertz CT molecular complexity index is 1250. The van der Waals surface area contributed by atoms with Crippen molar-refractivity contribution in [2.24, 2.45) is 13.0 Å². The number of fused-ring (bicyclic) bond motifs is 2. The maximum atomic E-state index is 13.9. The molecule has 5 heterocycles. The number of nitriles is 1. The second kappa shape index (κ2) is 8.83. The summed E-state index contributed by atoms with van der Waals surface area (Å²) < 4.78 is 48.9. The number of rotatable bonds is 5. The van der Waals surface area contributed by atoms with Gasteiger partial charge in [0.1, 0.15) is 22.8 Å². The standard InChI is InChI=1S/C23H24F3N7O/c1-32-13-29-20-19(30-18(11-27)31-21(20)32)15-10-17(23(24,25)26)22(28-12-15)34-8-5-14-4-7-33-6-2-3-16(33)9-14/h10,12-14,16H,2-9H2,1H3. The maximum Gasteiger partial charge on any atom is 0.421 e. The van der Waals surface area contributed by atoms with Crippen molar-refractivity contribution in [2.45, 2.75) is 44.3 Å². The number of aryl methyl sites for hydroxylation is 1. The normalized spacial score (nSPS) is 20.9. The summed E-state index contributed by atoms with van der Waals surface area (Å²) >= 11 is 0. The number of aromatic nitrogens is 5. The zero-order valence-electron chi connectivity index (χ0n) is 18.7. The van der Waals surface area contributed by atoms with E-state index in [1.54, 1.807) is 11.6 Å². The van der Waals surface area contributed by atoms with Crippen LogP contribution in [0.3, 0.4) is 0 Å². The van der Waals surface area contributed by atoms with Crippen molar-refractivity contribution in [2.75, 3.05) is 19.7 Å². The quantitative estimate of drug-likeness (QED) is 0.556. The van der Waals surface area contributed by atoms with Gasteiger partial charge in [0.05, 0.1) is 12.9 Å². The van der Waals surface area contributed by atoms with E-state index in [1.165, 1.54) is 25.4 Å². The first-order chi connectivity index (χ1) is 16.3. The van der Waals surface area contributed by atoms with Gasteiger partial charge in [0.25, 0.3) is 0 Å². The van der Waals surface area contributed by atoms with E-state index in [1.807, 2.05) is 6.07 Å². The van der Waals surface area contributed by atoms with Crippen molar-refractivity contribution in [3.05, 3.63) is 30.0 Å². The summed E-state index contributed by atoms with van der Waals surface area (Å²) in [6, 6.07) is 3.40. The zero-order chi connectivity index (χ0) is 23.9. The summed E-state index contributed by atoms with van der Waals surface area (Å²) in [4.78, 5) is 18.9. The summed E-state index contributed by atoms with van der Waals surface area (Å²) in [6.07, 6.45) is 3.35. The first-order valence-electron chi connectivity index (χ1n) is 11.4. The highest BCUT2D eigenvalue weighted by Gasteiger charge is 2.37. The summed E-state index contributed by atoms with van der Waals surface area (Å²) in [5.74, 6) is -0.148. The fourth-order valence-corrected chi connectivity index (χ4v) is 5.05. The molecule has 2 atom stereocenters. The molecule has 0 spiro atoms. The lowest BCUT2D eigenvalue weighted by Gasteiger charge is -2.34. The molecule has 3 aromatic heterocycles. The molecule has 178 valence electrons. The fraction of sp³-hybridized carbons (Fsp3) is 0.522. The number of hydrogen-bond donors (Lipinski definition) is 0. The Balaban J connectivity index is 1.38. The molecule has 2 fully saturated rings. The van der Waals surface area contributed by atoms with Gasteiger partial charge in [0, 0.05) is 24.8 Å². The molecule has 0 amide bonds. The third kappa shape index (κ3) is 4.30. The average Bonchev–Trinajstić information content (AvgIpc) is 3.44. The molecule has 3 aromatic rings. The largest absolute Gasteiger partial charge is 0.477 e. The minimum absolute atomic E-state index is 0.0934. The Morgan fingerprint density at radius 2 is 2.06 bits per heavy atom. The summed E-state index contributed by atoms with van der Waals surface area (Å²) in [5.41, 5.74) is -0.116. The van der Waals surface area contributed by atoms with Gasteiger partial charge in [-0.15, -0.1) is 0 Å². The van der Waals surface area contributed by atoms with E-state index < -0.39 is 17.6 Å². The Morgan fingerprint density at radius 1 is 1.21 bits per heavy atom. The summed E-state index contributed by atoms with van der Waals surface area (Å²) in [6.45, 7) is 2.40. The van der Waals surface area contributed by atoms with E-state index in [4.69, 9.17) is 4.74 Å². The van der Waals surface area contributed by atoms with Crippen molar-refractivity contribution >= 4 is 11.2 Å². The third-order valence-corrected chi connectivity index (χ3v) is 6.78. The second-order valence-corrected chi connectivity index (χ2v) is 8.97. The first-order valence-corrected chi connectivity index (χ1v) is 11.4. The maximum absolute atomic E-state index is 13.9. The molecule has 0 radical (unpaired) electrons. The summed E-state index contributed by atoms with van der Waals surface area (Å²) in [7, 11) is 1.68. The van der Waals surface area contributed by atoms with Crippen molar-refractivity contribution in [3.63, 3.8) is 0 Å². The molecular formula is C23H24F3N7O. The fourth-order valence-electron chi connectivity index (χ4n) is 5.05. The Labute approximate surface area is 194 Å². The third-order valence-electron chi connectivity index (χ3n) is 6.78. The van der Waals surface area contributed by atoms with Crippen molar-refractivity contribution in [1.82, 2.24) is 29.4 Å². The SMILES string of the molecule is Cn1cnc2c(-c3cnc(OCCC4CCN5CCCC5C4)c(C(F)(F)F)c3)nc(C#N)nc21. The highest BCUT2D eigenvalue weighted by molar-refractivity contribution is 5.87. The van der Waals surface area contributed by atoms with Gasteiger partial charge in [0.15, 0.2) is 5.65 Å². The lowest BCUT2D eigenvalue weighted by Crippen LogP contribution is -2.38. The highest BCUT2D eigenvalue weighted by atomic mass is 19.4. The molecule has 0 aromatic carbocycles. The number of hydrogen-bond acceptors (Lipinski definition) is 7. The number of ether oxygens (including phenoxy) is 1. The van der Waals surface area contributed by atoms with Crippen LogP contribution in [0.25, 0.3) is 22.4 Å². The molecule has 2 unspecified atom stereocenters. The van der Waals surface area contributed by atoms with Gasteiger partial charge < -0.3 is 14.2 Å². The predicted molar refractivity (Wildman–Crippen MR) is 117 cm³/mol. The molecule has 8 nitrogen and oxygen atoms in total. The van der Waals surface area contributed by atoms with Crippen LogP contribution >= 0.6 is 0 Å². The molecule has 2 aliphatic heterocycles. The van der Waals surface area contributed by atoms with Gasteiger partial charge in [-0.3, -0.25) is 0 Å². The van der Waals surface area contributed by atoms with Crippen LogP contribution < -0.4 is 4.74 Å². The van der Waals surface area contributed by atoms with E-state index in [2.05, 4.69) is 24.8 Å². The number of piperidine rings is 1. The predicted octanol–water partition coefficient (Wildman–Crippen LogP) is 3.96. The van der Waals surface area contributed by atoms with Crippen LogP contribution in [0.1, 0.15) is 43.5 Å². The van der Waals surface area contributed by atoms with Gasteiger partial charge in [-0.05, 0) is 57.2 Å². The molecule has 2 saturated heterocycles. The molecule has 2 aliphatic rings. The van der Waals surface area contributed by atoms with Crippen LogP contribution in [-0.2, 0) is 13.2 Å². The first kappa shape index (κ1) is 22.5. The smallest absolute Gasteiger partial charge is 0.421 e. The second-order valence-electron chi connectivity index (χ2n) is 8.97. The van der Waals surface area contributed by atoms with Gasteiger partial charge >= 0.3 is 6.18 Å². The molecule has 34 heavy (non-hydrogen) atoms. The van der Waals surface area contributed by atoms with Crippen molar-refractivity contribution < 1.29 is 17.9 Å². The topological polar surface area (TPSA) is 92.8 Å². The molecule has 0 N–H and O–H groups in total. The van der Waals surface area contributed by atoms with E-state index in [-0.39, 0.29) is 23.7 Å². The number of halogens is 3. The highest BCUT2D eigenvalue weighted by Crippen LogP contribution is 2.38. The molecule has 5 rings (SSSR count). The lowest BCUT2D eigenvalue weighted by atomic mass is 9.89. The molecular weight excluding hydrogens is 447 g/mol. The van der Waals surface area contributed by atoms with Crippen LogP contribution in [0, 0.1) is 17.2 Å². The average molecular weight is 471 g/mol. The molecule has 11 heteroatoms. The lowest BCUT2D eigenvalue weighted by molar-refractivity contribution is -0.139. The molecule has 0 aliphatic carbocycles. The van der Waals surface area contributed by atoms with Crippen LogP contribution in [0.15, 0.2) is 18.6 Å².